The Bertz CT molecular complexity index is 671. The van der Waals surface area contributed by atoms with Gasteiger partial charge < -0.3 is 5.32 Å². The number of carbonyl (C=O) groups excluding carboxylic acids is 1. The first-order chi connectivity index (χ1) is 9.90. The smallest absolute Gasteiger partial charge is 0.251 e. The van der Waals surface area contributed by atoms with Gasteiger partial charge in [0.15, 0.2) is 0 Å². The summed E-state index contributed by atoms with van der Waals surface area (Å²) >= 11 is 0. The van der Waals surface area contributed by atoms with Crippen molar-refractivity contribution < 1.29 is 4.79 Å². The maximum Gasteiger partial charge on any atom is 0.251 e. The van der Waals surface area contributed by atoms with Crippen molar-refractivity contribution >= 4 is 5.91 Å². The van der Waals surface area contributed by atoms with Crippen LogP contribution in [0.15, 0.2) is 18.2 Å². The molecule has 0 fully saturated rings. The first-order valence-corrected chi connectivity index (χ1v) is 7.26. The van der Waals surface area contributed by atoms with Gasteiger partial charge in [-0.15, -0.1) is 0 Å². The van der Waals surface area contributed by atoms with E-state index in [0.717, 1.165) is 17.0 Å². The number of aryl methyl sites for hydroxylation is 3. The normalized spacial score (nSPS) is 10.7. The summed E-state index contributed by atoms with van der Waals surface area (Å²) in [5.41, 5.74) is 6.47. The highest BCUT2D eigenvalue weighted by Crippen LogP contribution is 2.11. The summed E-state index contributed by atoms with van der Waals surface area (Å²) in [5.74, 6) is -0.0312. The first-order valence-electron chi connectivity index (χ1n) is 7.26. The second-order valence-electron chi connectivity index (χ2n) is 5.57. The van der Waals surface area contributed by atoms with Gasteiger partial charge in [-0.25, -0.2) is 0 Å². The van der Waals surface area contributed by atoms with E-state index in [4.69, 9.17) is 0 Å². The number of carbonyl (C=O) groups is 1. The van der Waals surface area contributed by atoms with Crippen molar-refractivity contribution in [2.75, 3.05) is 6.54 Å². The summed E-state index contributed by atoms with van der Waals surface area (Å²) in [4.78, 5) is 12.1. The van der Waals surface area contributed by atoms with Gasteiger partial charge in [0.25, 0.3) is 5.91 Å². The summed E-state index contributed by atoms with van der Waals surface area (Å²) in [6, 6.07) is 5.78. The molecule has 1 amide bonds. The van der Waals surface area contributed by atoms with Crippen molar-refractivity contribution in [2.45, 2.75) is 41.2 Å². The number of benzene rings is 1. The highest BCUT2D eigenvalue weighted by molar-refractivity contribution is 5.94. The molecule has 1 aromatic heterocycles. The molecule has 2 aromatic rings. The summed E-state index contributed by atoms with van der Waals surface area (Å²) in [6.45, 7) is 11.5. The molecule has 0 saturated heterocycles. The summed E-state index contributed by atoms with van der Waals surface area (Å²) in [6.07, 6.45) is 0. The van der Waals surface area contributed by atoms with E-state index in [-0.39, 0.29) is 5.91 Å². The van der Waals surface area contributed by atoms with Gasteiger partial charge in [0.1, 0.15) is 0 Å². The zero-order chi connectivity index (χ0) is 15.6. The minimum absolute atomic E-state index is 0.0312. The Balaban J connectivity index is 1.95. The van der Waals surface area contributed by atoms with Crippen LogP contribution in [-0.4, -0.2) is 22.2 Å². The molecule has 0 radical (unpaired) electrons. The van der Waals surface area contributed by atoms with Gasteiger partial charge in [-0.2, -0.15) is 5.10 Å². The van der Waals surface area contributed by atoms with Crippen LogP contribution in [0.1, 0.15) is 38.4 Å². The Kier molecular flexibility index (Phi) is 4.46. The third-order valence-electron chi connectivity index (χ3n) is 4.12. The lowest BCUT2D eigenvalue weighted by Gasteiger charge is -2.08. The van der Waals surface area contributed by atoms with E-state index in [1.54, 1.807) is 0 Å². The fourth-order valence-corrected chi connectivity index (χ4v) is 2.26. The van der Waals surface area contributed by atoms with E-state index in [9.17, 15) is 4.79 Å². The lowest BCUT2D eigenvalue weighted by atomic mass is 10.1. The molecule has 0 bridgehead atoms. The van der Waals surface area contributed by atoms with Gasteiger partial charge in [0, 0.05) is 17.8 Å². The molecule has 4 heteroatoms. The largest absolute Gasteiger partial charge is 0.350 e. The summed E-state index contributed by atoms with van der Waals surface area (Å²) < 4.78 is 1.95. The number of aromatic nitrogens is 2. The molecule has 0 aliphatic rings. The number of hydrogen-bond donors (Lipinski definition) is 1. The lowest BCUT2D eigenvalue weighted by molar-refractivity contribution is 0.0951. The topological polar surface area (TPSA) is 46.9 Å². The van der Waals surface area contributed by atoms with E-state index in [0.29, 0.717) is 18.7 Å². The zero-order valence-electron chi connectivity index (χ0n) is 13.4. The van der Waals surface area contributed by atoms with Crippen LogP contribution in [0.2, 0.25) is 0 Å². The number of rotatable bonds is 4. The molecule has 4 nitrogen and oxygen atoms in total. The summed E-state index contributed by atoms with van der Waals surface area (Å²) in [7, 11) is 0. The minimum Gasteiger partial charge on any atom is -0.350 e. The van der Waals surface area contributed by atoms with Crippen LogP contribution in [0.3, 0.4) is 0 Å². The molecule has 0 spiro atoms. The van der Waals surface area contributed by atoms with Gasteiger partial charge >= 0.3 is 0 Å². The maximum absolute atomic E-state index is 12.1. The Morgan fingerprint density at radius 1 is 1.14 bits per heavy atom. The van der Waals surface area contributed by atoms with Crippen molar-refractivity contribution in [3.8, 4) is 0 Å². The van der Waals surface area contributed by atoms with Crippen LogP contribution < -0.4 is 5.32 Å². The molecule has 1 N–H and O–H groups in total. The monoisotopic (exact) mass is 285 g/mol. The molecule has 0 atom stereocenters. The van der Waals surface area contributed by atoms with Crippen molar-refractivity contribution in [3.05, 3.63) is 51.8 Å². The molecule has 2 rings (SSSR count). The number of amides is 1. The van der Waals surface area contributed by atoms with Gasteiger partial charge in [-0.1, -0.05) is 6.07 Å². The fraction of sp³-hybridized carbons (Fsp3) is 0.412. The number of hydrogen-bond acceptors (Lipinski definition) is 2. The third kappa shape index (κ3) is 3.32. The Morgan fingerprint density at radius 3 is 2.43 bits per heavy atom. The standard InChI is InChI=1S/C17H23N3O/c1-11-6-7-16(10-12(11)2)17(21)18-8-9-20-15(5)13(3)14(4)19-20/h6-7,10H,8-9H2,1-5H3,(H,18,21). The average Bonchev–Trinajstić information content (AvgIpc) is 2.69. The molecule has 112 valence electrons. The maximum atomic E-state index is 12.1. The Morgan fingerprint density at radius 2 is 1.86 bits per heavy atom. The first kappa shape index (κ1) is 15.3. The molecule has 0 saturated carbocycles. The predicted octanol–water partition coefficient (Wildman–Crippen LogP) is 2.86. The molecule has 0 aliphatic carbocycles. The highest BCUT2D eigenvalue weighted by Gasteiger charge is 2.09. The number of nitrogens with one attached hydrogen (secondary N) is 1. The van der Waals surface area contributed by atoms with E-state index >= 15 is 0 Å². The van der Waals surface area contributed by atoms with Crippen LogP contribution in [0, 0.1) is 34.6 Å². The van der Waals surface area contributed by atoms with Crippen LogP contribution in [0.4, 0.5) is 0 Å². The van der Waals surface area contributed by atoms with Gasteiger partial charge in [-0.3, -0.25) is 9.48 Å². The second kappa shape index (κ2) is 6.12. The zero-order valence-corrected chi connectivity index (χ0v) is 13.4. The lowest BCUT2D eigenvalue weighted by Crippen LogP contribution is -2.27. The molecule has 0 unspecified atom stereocenters. The minimum atomic E-state index is -0.0312. The van der Waals surface area contributed by atoms with Crippen molar-refractivity contribution in [3.63, 3.8) is 0 Å². The third-order valence-corrected chi connectivity index (χ3v) is 4.12. The SMILES string of the molecule is Cc1ccc(C(=O)NCCn2nc(C)c(C)c2C)cc1C. The van der Waals surface area contributed by atoms with Crippen molar-refractivity contribution in [2.24, 2.45) is 0 Å². The van der Waals surface area contributed by atoms with E-state index in [1.807, 2.05) is 43.7 Å². The van der Waals surface area contributed by atoms with Crippen LogP contribution >= 0.6 is 0 Å². The van der Waals surface area contributed by atoms with Gasteiger partial charge in [0.2, 0.25) is 0 Å². The van der Waals surface area contributed by atoms with Crippen molar-refractivity contribution in [1.29, 1.82) is 0 Å². The number of nitrogens with zero attached hydrogens (tertiary/aromatic N) is 2. The molecular weight excluding hydrogens is 262 g/mol. The Labute approximate surface area is 126 Å². The van der Waals surface area contributed by atoms with Crippen LogP contribution in [0.5, 0.6) is 0 Å². The van der Waals surface area contributed by atoms with E-state index in [1.165, 1.54) is 11.1 Å². The quantitative estimate of drug-likeness (QED) is 0.939. The predicted molar refractivity (Wildman–Crippen MR) is 84.7 cm³/mol. The Hall–Kier alpha value is -2.10. The van der Waals surface area contributed by atoms with Crippen LogP contribution in [-0.2, 0) is 6.54 Å². The van der Waals surface area contributed by atoms with Crippen molar-refractivity contribution in [1.82, 2.24) is 15.1 Å². The second-order valence-corrected chi connectivity index (χ2v) is 5.57. The van der Waals surface area contributed by atoms with E-state index in [2.05, 4.69) is 24.3 Å². The molecule has 0 aliphatic heterocycles. The molecule has 1 heterocycles. The molecule has 1 aromatic carbocycles. The highest BCUT2D eigenvalue weighted by atomic mass is 16.1. The molecular formula is C17H23N3O. The van der Waals surface area contributed by atoms with Crippen LogP contribution in [0.25, 0.3) is 0 Å². The fourth-order valence-electron chi connectivity index (χ4n) is 2.26. The van der Waals surface area contributed by atoms with E-state index < -0.39 is 0 Å². The van der Waals surface area contributed by atoms with Gasteiger partial charge in [0.05, 0.1) is 12.2 Å². The van der Waals surface area contributed by atoms with Gasteiger partial charge in [-0.05, 0) is 63.4 Å². The average molecular weight is 285 g/mol. The summed E-state index contributed by atoms with van der Waals surface area (Å²) in [5, 5.41) is 7.42. The molecule has 21 heavy (non-hydrogen) atoms.